The fourth-order valence-electron chi connectivity index (χ4n) is 2.53. The van der Waals surface area contributed by atoms with Crippen LogP contribution >= 0.6 is 0 Å². The zero-order valence-corrected chi connectivity index (χ0v) is 11.2. The van der Waals surface area contributed by atoms with Gasteiger partial charge in [-0.25, -0.2) is 0 Å². The van der Waals surface area contributed by atoms with Crippen LogP contribution in [0.25, 0.3) is 0 Å². The first-order valence-corrected chi connectivity index (χ1v) is 7.06. The Morgan fingerprint density at radius 3 is 2.67 bits per heavy atom. The van der Waals surface area contributed by atoms with Crippen molar-refractivity contribution in [2.24, 2.45) is 0 Å². The minimum atomic E-state index is 0.118. The maximum Gasteiger partial charge on any atom is 0.140 e. The average Bonchev–Trinajstić information content (AvgIpc) is 2.62. The fraction of sp³-hybridized carbons (Fsp3) is 0.562. The molecule has 0 heterocycles. The molecule has 1 aliphatic carbocycles. The van der Waals surface area contributed by atoms with Crippen molar-refractivity contribution in [3.63, 3.8) is 0 Å². The summed E-state index contributed by atoms with van der Waals surface area (Å²) >= 11 is 0. The van der Waals surface area contributed by atoms with Gasteiger partial charge in [-0.2, -0.15) is 0 Å². The number of rotatable bonds is 4. The monoisotopic (exact) mass is 246 g/mol. The van der Waals surface area contributed by atoms with Crippen LogP contribution < -0.4 is 4.74 Å². The lowest BCUT2D eigenvalue weighted by atomic mass is 9.91. The van der Waals surface area contributed by atoms with E-state index in [2.05, 4.69) is 19.1 Å². The molecule has 0 radical (unpaired) electrons. The third-order valence-corrected chi connectivity index (χ3v) is 3.56. The van der Waals surface area contributed by atoms with Gasteiger partial charge in [0.1, 0.15) is 11.5 Å². The summed E-state index contributed by atoms with van der Waals surface area (Å²) in [4.78, 5) is 12.0. The zero-order valence-electron chi connectivity index (χ0n) is 11.2. The summed E-state index contributed by atoms with van der Waals surface area (Å²) in [6, 6.07) is 8.09. The molecule has 0 amide bonds. The second-order valence-corrected chi connectivity index (χ2v) is 5.04. The van der Waals surface area contributed by atoms with Crippen molar-refractivity contribution in [1.29, 1.82) is 0 Å². The fourth-order valence-corrected chi connectivity index (χ4v) is 2.53. The number of ketones is 1. The van der Waals surface area contributed by atoms with E-state index in [0.29, 0.717) is 5.78 Å². The van der Waals surface area contributed by atoms with Gasteiger partial charge in [-0.05, 0) is 37.0 Å². The van der Waals surface area contributed by atoms with Crippen LogP contribution in [-0.2, 0) is 4.79 Å². The summed E-state index contributed by atoms with van der Waals surface area (Å²) in [5.74, 6) is 1.43. The van der Waals surface area contributed by atoms with E-state index in [1.807, 2.05) is 12.1 Å². The Bertz CT molecular complexity index is 381. The van der Waals surface area contributed by atoms with Crippen molar-refractivity contribution in [1.82, 2.24) is 0 Å². The molecule has 1 aromatic rings. The van der Waals surface area contributed by atoms with E-state index in [-0.39, 0.29) is 5.92 Å². The van der Waals surface area contributed by atoms with Crippen molar-refractivity contribution in [3.05, 3.63) is 29.8 Å². The highest BCUT2D eigenvalue weighted by Crippen LogP contribution is 2.30. The van der Waals surface area contributed by atoms with Crippen molar-refractivity contribution in [2.75, 3.05) is 6.61 Å². The van der Waals surface area contributed by atoms with Crippen LogP contribution in [0.15, 0.2) is 24.3 Å². The molecule has 0 bridgehead atoms. The van der Waals surface area contributed by atoms with Gasteiger partial charge in [0, 0.05) is 12.3 Å². The molecule has 1 atom stereocenters. The maximum absolute atomic E-state index is 12.0. The van der Waals surface area contributed by atoms with Crippen molar-refractivity contribution < 1.29 is 9.53 Å². The number of ether oxygens (including phenoxy) is 1. The normalized spacial score (nSPS) is 20.5. The highest BCUT2D eigenvalue weighted by Gasteiger charge is 2.22. The number of hydrogen-bond donors (Lipinski definition) is 0. The van der Waals surface area contributed by atoms with Crippen LogP contribution in [0.1, 0.15) is 56.9 Å². The van der Waals surface area contributed by atoms with Crippen molar-refractivity contribution >= 4 is 5.78 Å². The van der Waals surface area contributed by atoms with Gasteiger partial charge in [0.15, 0.2) is 0 Å². The van der Waals surface area contributed by atoms with Crippen LogP contribution in [0.3, 0.4) is 0 Å². The Balaban J connectivity index is 2.05. The largest absolute Gasteiger partial charge is 0.494 e. The smallest absolute Gasteiger partial charge is 0.140 e. The SMILES string of the molecule is CCCOc1ccc(C2CCCCCC2=O)cc1. The number of benzene rings is 1. The van der Waals surface area contributed by atoms with Gasteiger partial charge in [-0.3, -0.25) is 4.79 Å². The first-order chi connectivity index (χ1) is 8.81. The van der Waals surface area contributed by atoms with Crippen LogP contribution in [0, 0.1) is 0 Å². The van der Waals surface area contributed by atoms with Crippen LogP contribution in [0.4, 0.5) is 0 Å². The van der Waals surface area contributed by atoms with Crippen molar-refractivity contribution in [2.45, 2.75) is 51.4 Å². The quantitative estimate of drug-likeness (QED) is 0.748. The van der Waals surface area contributed by atoms with Gasteiger partial charge in [0.25, 0.3) is 0 Å². The van der Waals surface area contributed by atoms with Gasteiger partial charge in [0.05, 0.1) is 6.61 Å². The lowest BCUT2D eigenvalue weighted by Crippen LogP contribution is -2.10. The lowest BCUT2D eigenvalue weighted by Gasteiger charge is -2.14. The Morgan fingerprint density at radius 1 is 1.17 bits per heavy atom. The van der Waals surface area contributed by atoms with Gasteiger partial charge in [-0.15, -0.1) is 0 Å². The summed E-state index contributed by atoms with van der Waals surface area (Å²) in [5, 5.41) is 0. The van der Waals surface area contributed by atoms with Crippen LogP contribution in [0.2, 0.25) is 0 Å². The summed E-state index contributed by atoms with van der Waals surface area (Å²) < 4.78 is 5.56. The first kappa shape index (κ1) is 13.1. The molecule has 0 aliphatic heterocycles. The molecule has 0 aromatic heterocycles. The summed E-state index contributed by atoms with van der Waals surface area (Å²) in [7, 11) is 0. The second-order valence-electron chi connectivity index (χ2n) is 5.04. The summed E-state index contributed by atoms with van der Waals surface area (Å²) in [6.45, 7) is 2.85. The zero-order chi connectivity index (χ0) is 12.8. The first-order valence-electron chi connectivity index (χ1n) is 7.06. The van der Waals surface area contributed by atoms with E-state index < -0.39 is 0 Å². The molecule has 2 nitrogen and oxygen atoms in total. The topological polar surface area (TPSA) is 26.3 Å². The van der Waals surface area contributed by atoms with Gasteiger partial charge in [0.2, 0.25) is 0 Å². The van der Waals surface area contributed by atoms with Crippen LogP contribution in [-0.4, -0.2) is 12.4 Å². The molecule has 0 spiro atoms. The van der Waals surface area contributed by atoms with E-state index in [0.717, 1.165) is 43.6 Å². The van der Waals surface area contributed by atoms with Gasteiger partial charge < -0.3 is 4.74 Å². The molecule has 1 aromatic carbocycles. The van der Waals surface area contributed by atoms with Gasteiger partial charge >= 0.3 is 0 Å². The Hall–Kier alpha value is -1.31. The van der Waals surface area contributed by atoms with E-state index in [9.17, 15) is 4.79 Å². The third kappa shape index (κ3) is 3.34. The molecule has 1 fully saturated rings. The molecule has 0 saturated heterocycles. The van der Waals surface area contributed by atoms with Gasteiger partial charge in [-0.1, -0.05) is 31.9 Å². The average molecular weight is 246 g/mol. The molecule has 0 N–H and O–H groups in total. The Kier molecular flexibility index (Phi) is 4.80. The summed E-state index contributed by atoms with van der Waals surface area (Å²) in [5.41, 5.74) is 1.16. The van der Waals surface area contributed by atoms with E-state index in [1.165, 1.54) is 12.8 Å². The minimum Gasteiger partial charge on any atom is -0.494 e. The van der Waals surface area contributed by atoms with Crippen molar-refractivity contribution in [3.8, 4) is 5.75 Å². The molecule has 98 valence electrons. The molecular weight excluding hydrogens is 224 g/mol. The minimum absolute atomic E-state index is 0.118. The maximum atomic E-state index is 12.0. The van der Waals surface area contributed by atoms with E-state index in [1.54, 1.807) is 0 Å². The summed E-state index contributed by atoms with van der Waals surface area (Å²) in [6.07, 6.45) is 6.20. The molecular formula is C16H22O2. The Labute approximate surface area is 109 Å². The molecule has 1 aliphatic rings. The third-order valence-electron chi connectivity index (χ3n) is 3.56. The molecule has 2 rings (SSSR count). The number of hydrogen-bond acceptors (Lipinski definition) is 2. The standard InChI is InChI=1S/C16H22O2/c1-2-12-18-14-10-8-13(9-11-14)15-6-4-3-5-7-16(15)17/h8-11,15H,2-7,12H2,1H3. The highest BCUT2D eigenvalue weighted by atomic mass is 16.5. The molecule has 2 heteroatoms. The molecule has 1 saturated carbocycles. The number of Topliss-reactive ketones (excluding diaryl/α,β-unsaturated/α-hetero) is 1. The molecule has 18 heavy (non-hydrogen) atoms. The molecule has 1 unspecified atom stereocenters. The van der Waals surface area contributed by atoms with E-state index in [4.69, 9.17) is 4.74 Å². The lowest BCUT2D eigenvalue weighted by molar-refractivity contribution is -0.120. The number of carbonyl (C=O) groups is 1. The predicted molar refractivity (Wildman–Crippen MR) is 73.1 cm³/mol. The second kappa shape index (κ2) is 6.58. The Morgan fingerprint density at radius 2 is 1.94 bits per heavy atom. The van der Waals surface area contributed by atoms with E-state index >= 15 is 0 Å². The van der Waals surface area contributed by atoms with Crippen LogP contribution in [0.5, 0.6) is 5.75 Å². The predicted octanol–water partition coefficient (Wildman–Crippen LogP) is 4.09. The number of carbonyl (C=O) groups excluding carboxylic acids is 1. The highest BCUT2D eigenvalue weighted by molar-refractivity contribution is 5.85.